The molecule has 1 aromatic carbocycles. The van der Waals surface area contributed by atoms with E-state index in [-0.39, 0.29) is 24.3 Å². The summed E-state index contributed by atoms with van der Waals surface area (Å²) in [5.74, 6) is -0.119. The van der Waals surface area contributed by atoms with Gasteiger partial charge in [0.25, 0.3) is 0 Å². The van der Waals surface area contributed by atoms with Gasteiger partial charge in [0.05, 0.1) is 17.3 Å². The van der Waals surface area contributed by atoms with E-state index in [0.29, 0.717) is 18.3 Å². The molecule has 2 aliphatic heterocycles. The molecule has 2 aliphatic rings. The van der Waals surface area contributed by atoms with Crippen molar-refractivity contribution in [1.29, 1.82) is 0 Å². The number of nitrogens with zero attached hydrogens (tertiary/aromatic N) is 1. The SMILES string of the molecule is CC1CCC(C(=O)N2CC(=O)Nc3ccccc32)CN1. The van der Waals surface area contributed by atoms with Gasteiger partial charge in [0, 0.05) is 12.6 Å². The largest absolute Gasteiger partial charge is 0.323 e. The standard InChI is InChI=1S/C15H19N3O2/c1-10-6-7-11(8-16-10)15(20)18-9-14(19)17-12-4-2-3-5-13(12)18/h2-5,10-11,16H,6-9H2,1H3,(H,17,19). The number of amides is 2. The Bertz CT molecular complexity index is 536. The van der Waals surface area contributed by atoms with Crippen molar-refractivity contribution in [3.05, 3.63) is 24.3 Å². The van der Waals surface area contributed by atoms with E-state index in [1.165, 1.54) is 0 Å². The second-order valence-corrected chi connectivity index (χ2v) is 5.57. The van der Waals surface area contributed by atoms with Crippen LogP contribution in [0.2, 0.25) is 0 Å². The average molecular weight is 273 g/mol. The van der Waals surface area contributed by atoms with Crippen LogP contribution in [0.3, 0.4) is 0 Å². The monoisotopic (exact) mass is 273 g/mol. The van der Waals surface area contributed by atoms with E-state index >= 15 is 0 Å². The highest BCUT2D eigenvalue weighted by Gasteiger charge is 2.32. The van der Waals surface area contributed by atoms with Gasteiger partial charge in [0.2, 0.25) is 11.8 Å². The Labute approximate surface area is 118 Å². The van der Waals surface area contributed by atoms with E-state index in [1.807, 2.05) is 24.3 Å². The summed E-state index contributed by atoms with van der Waals surface area (Å²) in [6.45, 7) is 2.94. The van der Waals surface area contributed by atoms with Gasteiger partial charge in [0.1, 0.15) is 6.54 Å². The molecule has 20 heavy (non-hydrogen) atoms. The average Bonchev–Trinajstić information content (AvgIpc) is 2.46. The van der Waals surface area contributed by atoms with Crippen LogP contribution in [-0.2, 0) is 9.59 Å². The molecule has 2 N–H and O–H groups in total. The van der Waals surface area contributed by atoms with Gasteiger partial charge in [-0.2, -0.15) is 0 Å². The molecule has 106 valence electrons. The summed E-state index contributed by atoms with van der Waals surface area (Å²) in [6, 6.07) is 7.92. The number of anilines is 2. The Morgan fingerprint density at radius 3 is 2.85 bits per heavy atom. The van der Waals surface area contributed by atoms with Crippen LogP contribution >= 0.6 is 0 Å². The Hall–Kier alpha value is -1.88. The molecule has 0 radical (unpaired) electrons. The summed E-state index contributed by atoms with van der Waals surface area (Å²) in [4.78, 5) is 26.1. The third-order valence-electron chi connectivity index (χ3n) is 4.05. The maximum atomic E-state index is 12.7. The molecular weight excluding hydrogens is 254 g/mol. The molecule has 2 amide bonds. The number of para-hydroxylation sites is 2. The van der Waals surface area contributed by atoms with Crippen LogP contribution in [-0.4, -0.2) is 30.9 Å². The molecule has 5 heteroatoms. The lowest BCUT2D eigenvalue weighted by molar-refractivity contribution is -0.125. The first-order chi connectivity index (χ1) is 9.65. The lowest BCUT2D eigenvalue weighted by atomic mass is 9.93. The molecule has 0 spiro atoms. The van der Waals surface area contributed by atoms with Gasteiger partial charge in [-0.25, -0.2) is 0 Å². The summed E-state index contributed by atoms with van der Waals surface area (Å²) in [5, 5.41) is 6.15. The number of carbonyl (C=O) groups is 2. The fraction of sp³-hybridized carbons (Fsp3) is 0.467. The first-order valence-corrected chi connectivity index (χ1v) is 7.09. The summed E-state index contributed by atoms with van der Waals surface area (Å²) >= 11 is 0. The first-order valence-electron chi connectivity index (χ1n) is 7.09. The van der Waals surface area contributed by atoms with E-state index in [0.717, 1.165) is 18.5 Å². The summed E-state index contributed by atoms with van der Waals surface area (Å²) in [5.41, 5.74) is 1.52. The predicted octanol–water partition coefficient (Wildman–Crippen LogP) is 1.36. The Morgan fingerprint density at radius 2 is 2.10 bits per heavy atom. The second-order valence-electron chi connectivity index (χ2n) is 5.57. The Balaban J connectivity index is 1.83. The molecule has 0 saturated carbocycles. The Kier molecular flexibility index (Phi) is 3.44. The minimum atomic E-state index is -0.130. The molecular formula is C15H19N3O2. The molecule has 0 bridgehead atoms. The lowest BCUT2D eigenvalue weighted by Crippen LogP contribution is -2.49. The number of fused-ring (bicyclic) bond motifs is 1. The number of carbonyl (C=O) groups excluding carboxylic acids is 2. The highest BCUT2D eigenvalue weighted by atomic mass is 16.2. The van der Waals surface area contributed by atoms with Crippen molar-refractivity contribution in [3.8, 4) is 0 Å². The molecule has 5 nitrogen and oxygen atoms in total. The normalized spacial score (nSPS) is 25.9. The topological polar surface area (TPSA) is 61.4 Å². The van der Waals surface area contributed by atoms with Crippen molar-refractivity contribution in [2.45, 2.75) is 25.8 Å². The van der Waals surface area contributed by atoms with E-state index in [2.05, 4.69) is 17.6 Å². The lowest BCUT2D eigenvalue weighted by Gasteiger charge is -2.34. The van der Waals surface area contributed by atoms with Crippen molar-refractivity contribution >= 4 is 23.2 Å². The zero-order chi connectivity index (χ0) is 14.1. The molecule has 1 saturated heterocycles. The molecule has 3 rings (SSSR count). The van der Waals surface area contributed by atoms with E-state index < -0.39 is 0 Å². The number of benzene rings is 1. The quantitative estimate of drug-likeness (QED) is 0.812. The zero-order valence-electron chi connectivity index (χ0n) is 11.6. The maximum Gasteiger partial charge on any atom is 0.244 e. The van der Waals surface area contributed by atoms with Gasteiger partial charge in [0.15, 0.2) is 0 Å². The number of piperidine rings is 1. The molecule has 2 atom stereocenters. The molecule has 2 heterocycles. The van der Waals surface area contributed by atoms with Crippen molar-refractivity contribution in [2.24, 2.45) is 5.92 Å². The van der Waals surface area contributed by atoms with Crippen LogP contribution in [0.25, 0.3) is 0 Å². The number of hydrogen-bond acceptors (Lipinski definition) is 3. The summed E-state index contributed by atoms with van der Waals surface area (Å²) in [6.07, 6.45) is 1.88. The number of hydrogen-bond donors (Lipinski definition) is 2. The smallest absolute Gasteiger partial charge is 0.244 e. The Morgan fingerprint density at radius 1 is 1.30 bits per heavy atom. The van der Waals surface area contributed by atoms with Gasteiger partial charge in [-0.15, -0.1) is 0 Å². The minimum absolute atomic E-state index is 0.0369. The third-order valence-corrected chi connectivity index (χ3v) is 4.05. The fourth-order valence-corrected chi connectivity index (χ4v) is 2.86. The highest BCUT2D eigenvalue weighted by molar-refractivity contribution is 6.10. The minimum Gasteiger partial charge on any atom is -0.323 e. The van der Waals surface area contributed by atoms with Gasteiger partial charge < -0.3 is 15.5 Å². The van der Waals surface area contributed by atoms with Crippen molar-refractivity contribution in [2.75, 3.05) is 23.3 Å². The zero-order valence-corrected chi connectivity index (χ0v) is 11.6. The van der Waals surface area contributed by atoms with Gasteiger partial charge in [-0.1, -0.05) is 12.1 Å². The third kappa shape index (κ3) is 2.41. The summed E-state index contributed by atoms with van der Waals surface area (Å²) in [7, 11) is 0. The molecule has 1 aromatic rings. The van der Waals surface area contributed by atoms with Crippen LogP contribution < -0.4 is 15.5 Å². The molecule has 2 unspecified atom stereocenters. The molecule has 0 aromatic heterocycles. The molecule has 0 aliphatic carbocycles. The van der Waals surface area contributed by atoms with E-state index in [1.54, 1.807) is 4.90 Å². The summed E-state index contributed by atoms with van der Waals surface area (Å²) < 4.78 is 0. The second kappa shape index (κ2) is 5.25. The van der Waals surface area contributed by atoms with E-state index in [4.69, 9.17) is 0 Å². The highest BCUT2D eigenvalue weighted by Crippen LogP contribution is 2.31. The number of rotatable bonds is 1. The van der Waals surface area contributed by atoms with Crippen molar-refractivity contribution in [1.82, 2.24) is 5.32 Å². The van der Waals surface area contributed by atoms with Gasteiger partial charge in [-0.3, -0.25) is 9.59 Å². The van der Waals surface area contributed by atoms with Crippen LogP contribution in [0.4, 0.5) is 11.4 Å². The first kappa shape index (κ1) is 13.1. The van der Waals surface area contributed by atoms with Crippen LogP contribution in [0, 0.1) is 5.92 Å². The molecule has 1 fully saturated rings. The van der Waals surface area contributed by atoms with Gasteiger partial charge in [-0.05, 0) is 31.9 Å². The van der Waals surface area contributed by atoms with Crippen molar-refractivity contribution < 1.29 is 9.59 Å². The van der Waals surface area contributed by atoms with Crippen LogP contribution in [0.5, 0.6) is 0 Å². The number of nitrogens with one attached hydrogen (secondary N) is 2. The van der Waals surface area contributed by atoms with Crippen LogP contribution in [0.1, 0.15) is 19.8 Å². The van der Waals surface area contributed by atoms with Crippen molar-refractivity contribution in [3.63, 3.8) is 0 Å². The fourth-order valence-electron chi connectivity index (χ4n) is 2.86. The van der Waals surface area contributed by atoms with Gasteiger partial charge >= 0.3 is 0 Å². The van der Waals surface area contributed by atoms with E-state index in [9.17, 15) is 9.59 Å². The maximum absolute atomic E-state index is 12.7. The van der Waals surface area contributed by atoms with Crippen LogP contribution in [0.15, 0.2) is 24.3 Å². The predicted molar refractivity (Wildman–Crippen MR) is 77.6 cm³/mol.